The first-order chi connectivity index (χ1) is 12.4. The quantitative estimate of drug-likeness (QED) is 0.746. The van der Waals surface area contributed by atoms with Crippen molar-refractivity contribution in [1.82, 2.24) is 0 Å². The molecule has 1 amide bonds. The Kier molecular flexibility index (Phi) is 6.86. The van der Waals surface area contributed by atoms with E-state index >= 15 is 0 Å². The second-order valence-corrected chi connectivity index (χ2v) is 5.93. The standard InChI is InChI=1S/C19H20ClNO5/c1-12-9-16(17(24-3)10-15(12)20)21-19(23)13(2)26-18(22)11-25-14-7-5-4-6-8-14/h4-10,13H,11H2,1-3H3,(H,21,23). The van der Waals surface area contributed by atoms with Gasteiger partial charge in [0.15, 0.2) is 12.7 Å². The Balaban J connectivity index is 1.91. The van der Waals surface area contributed by atoms with E-state index in [4.69, 9.17) is 25.8 Å². The molecule has 0 radical (unpaired) electrons. The van der Waals surface area contributed by atoms with Crippen molar-refractivity contribution in [3.05, 3.63) is 53.1 Å². The smallest absolute Gasteiger partial charge is 0.344 e. The predicted octanol–water partition coefficient (Wildman–Crippen LogP) is 3.61. The molecular formula is C19H20ClNO5. The summed E-state index contributed by atoms with van der Waals surface area (Å²) in [6, 6.07) is 12.2. The second-order valence-electron chi connectivity index (χ2n) is 5.52. The number of benzene rings is 2. The lowest BCUT2D eigenvalue weighted by Gasteiger charge is -2.16. The van der Waals surface area contributed by atoms with Gasteiger partial charge in [-0.25, -0.2) is 4.79 Å². The van der Waals surface area contributed by atoms with E-state index in [1.807, 2.05) is 13.0 Å². The van der Waals surface area contributed by atoms with Gasteiger partial charge < -0.3 is 19.5 Å². The first-order valence-corrected chi connectivity index (χ1v) is 8.31. The molecule has 0 aromatic heterocycles. The van der Waals surface area contributed by atoms with E-state index in [0.717, 1.165) is 5.56 Å². The van der Waals surface area contributed by atoms with Crippen molar-refractivity contribution in [3.63, 3.8) is 0 Å². The van der Waals surface area contributed by atoms with Crippen LogP contribution < -0.4 is 14.8 Å². The van der Waals surface area contributed by atoms with Crippen molar-refractivity contribution in [3.8, 4) is 11.5 Å². The van der Waals surface area contributed by atoms with Gasteiger partial charge in [-0.2, -0.15) is 0 Å². The van der Waals surface area contributed by atoms with Crippen LogP contribution in [0.2, 0.25) is 5.02 Å². The fourth-order valence-electron chi connectivity index (χ4n) is 2.11. The van der Waals surface area contributed by atoms with Gasteiger partial charge in [0.1, 0.15) is 11.5 Å². The van der Waals surface area contributed by atoms with Crippen LogP contribution in [0, 0.1) is 6.92 Å². The number of aryl methyl sites for hydroxylation is 1. The number of nitrogens with one attached hydrogen (secondary N) is 1. The normalized spacial score (nSPS) is 11.4. The van der Waals surface area contributed by atoms with Crippen LogP contribution >= 0.6 is 11.6 Å². The molecule has 0 aliphatic heterocycles. The molecule has 2 aromatic carbocycles. The number of esters is 1. The lowest BCUT2D eigenvalue weighted by atomic mass is 10.2. The molecule has 6 nitrogen and oxygen atoms in total. The third kappa shape index (κ3) is 5.39. The summed E-state index contributed by atoms with van der Waals surface area (Å²) in [7, 11) is 1.47. The Morgan fingerprint density at radius 2 is 1.88 bits per heavy atom. The molecule has 138 valence electrons. The minimum atomic E-state index is -0.998. The summed E-state index contributed by atoms with van der Waals surface area (Å²) in [6.45, 7) is 3.00. The van der Waals surface area contributed by atoms with Crippen LogP contribution in [-0.4, -0.2) is 31.7 Å². The summed E-state index contributed by atoms with van der Waals surface area (Å²) in [4.78, 5) is 24.1. The number of carbonyl (C=O) groups is 2. The Labute approximate surface area is 157 Å². The molecule has 2 aromatic rings. The zero-order chi connectivity index (χ0) is 19.1. The molecule has 1 unspecified atom stereocenters. The number of ether oxygens (including phenoxy) is 3. The molecule has 0 saturated heterocycles. The van der Waals surface area contributed by atoms with Gasteiger partial charge in [0.25, 0.3) is 5.91 Å². The summed E-state index contributed by atoms with van der Waals surface area (Å²) in [5.41, 5.74) is 1.23. The fourth-order valence-corrected chi connectivity index (χ4v) is 2.26. The number of hydrogen-bond donors (Lipinski definition) is 1. The highest BCUT2D eigenvalue weighted by molar-refractivity contribution is 6.31. The maximum absolute atomic E-state index is 12.3. The average molecular weight is 378 g/mol. The van der Waals surface area contributed by atoms with Crippen LogP contribution in [0.1, 0.15) is 12.5 Å². The molecule has 1 N–H and O–H groups in total. The Bertz CT molecular complexity index is 779. The summed E-state index contributed by atoms with van der Waals surface area (Å²) in [6.07, 6.45) is -0.998. The van der Waals surface area contributed by atoms with E-state index in [-0.39, 0.29) is 6.61 Å². The number of rotatable bonds is 7. The van der Waals surface area contributed by atoms with Gasteiger partial charge >= 0.3 is 5.97 Å². The minimum absolute atomic E-state index is 0.287. The number of carbonyl (C=O) groups excluding carboxylic acids is 2. The van der Waals surface area contributed by atoms with E-state index in [0.29, 0.717) is 22.2 Å². The number of methoxy groups -OCH3 is 1. The van der Waals surface area contributed by atoms with Gasteiger partial charge in [-0.15, -0.1) is 0 Å². The molecule has 0 aliphatic rings. The number of para-hydroxylation sites is 1. The van der Waals surface area contributed by atoms with Crippen molar-refractivity contribution >= 4 is 29.2 Å². The summed E-state index contributed by atoms with van der Waals surface area (Å²) in [5.74, 6) is -0.170. The van der Waals surface area contributed by atoms with Crippen LogP contribution in [0.25, 0.3) is 0 Å². The van der Waals surface area contributed by atoms with Gasteiger partial charge in [-0.3, -0.25) is 4.79 Å². The van der Waals surface area contributed by atoms with Gasteiger partial charge in [0.05, 0.1) is 12.8 Å². The third-order valence-corrected chi connectivity index (χ3v) is 3.92. The summed E-state index contributed by atoms with van der Waals surface area (Å²) < 4.78 is 15.6. The lowest BCUT2D eigenvalue weighted by molar-refractivity contribution is -0.155. The second kappa shape index (κ2) is 9.10. The first-order valence-electron chi connectivity index (χ1n) is 7.93. The highest BCUT2D eigenvalue weighted by Crippen LogP contribution is 2.31. The molecule has 2 rings (SSSR count). The van der Waals surface area contributed by atoms with Crippen molar-refractivity contribution in [1.29, 1.82) is 0 Å². The SMILES string of the molecule is COc1cc(Cl)c(C)cc1NC(=O)C(C)OC(=O)COc1ccccc1. The van der Waals surface area contributed by atoms with E-state index in [1.165, 1.54) is 14.0 Å². The van der Waals surface area contributed by atoms with Gasteiger partial charge in [-0.1, -0.05) is 29.8 Å². The van der Waals surface area contributed by atoms with Crippen LogP contribution in [0.15, 0.2) is 42.5 Å². The molecular weight excluding hydrogens is 358 g/mol. The molecule has 0 aliphatic carbocycles. The number of halogens is 1. The molecule has 7 heteroatoms. The molecule has 0 fully saturated rings. The lowest BCUT2D eigenvalue weighted by Crippen LogP contribution is -2.31. The van der Waals surface area contributed by atoms with E-state index < -0.39 is 18.0 Å². The van der Waals surface area contributed by atoms with Crippen LogP contribution in [-0.2, 0) is 14.3 Å². The van der Waals surface area contributed by atoms with Crippen molar-refractivity contribution in [2.75, 3.05) is 19.0 Å². The maximum atomic E-state index is 12.3. The van der Waals surface area contributed by atoms with E-state index in [2.05, 4.69) is 5.32 Å². The first kappa shape index (κ1) is 19.6. The zero-order valence-electron chi connectivity index (χ0n) is 14.7. The van der Waals surface area contributed by atoms with Crippen molar-refractivity contribution in [2.45, 2.75) is 20.0 Å². The van der Waals surface area contributed by atoms with E-state index in [1.54, 1.807) is 36.4 Å². The Hall–Kier alpha value is -2.73. The topological polar surface area (TPSA) is 73.9 Å². The Morgan fingerprint density at radius 1 is 1.19 bits per heavy atom. The molecule has 0 bridgehead atoms. The molecule has 26 heavy (non-hydrogen) atoms. The zero-order valence-corrected chi connectivity index (χ0v) is 15.5. The van der Waals surface area contributed by atoms with Gasteiger partial charge in [0, 0.05) is 11.1 Å². The highest BCUT2D eigenvalue weighted by Gasteiger charge is 2.20. The molecule has 1 atom stereocenters. The highest BCUT2D eigenvalue weighted by atomic mass is 35.5. The number of amides is 1. The largest absolute Gasteiger partial charge is 0.495 e. The average Bonchev–Trinajstić information content (AvgIpc) is 2.63. The van der Waals surface area contributed by atoms with Crippen LogP contribution in [0.5, 0.6) is 11.5 Å². The predicted molar refractivity (Wildman–Crippen MR) is 98.9 cm³/mol. The monoisotopic (exact) mass is 377 g/mol. The van der Waals surface area contributed by atoms with Crippen LogP contribution in [0.4, 0.5) is 5.69 Å². The fraction of sp³-hybridized carbons (Fsp3) is 0.263. The molecule has 0 saturated carbocycles. The minimum Gasteiger partial charge on any atom is -0.495 e. The van der Waals surface area contributed by atoms with Crippen molar-refractivity contribution in [2.24, 2.45) is 0 Å². The summed E-state index contributed by atoms with van der Waals surface area (Å²) in [5, 5.41) is 3.19. The molecule has 0 spiro atoms. The van der Waals surface area contributed by atoms with Gasteiger partial charge in [-0.05, 0) is 37.6 Å². The summed E-state index contributed by atoms with van der Waals surface area (Å²) >= 11 is 6.04. The Morgan fingerprint density at radius 3 is 2.54 bits per heavy atom. The molecule has 0 heterocycles. The van der Waals surface area contributed by atoms with Gasteiger partial charge in [0.2, 0.25) is 0 Å². The maximum Gasteiger partial charge on any atom is 0.344 e. The van der Waals surface area contributed by atoms with E-state index in [9.17, 15) is 9.59 Å². The van der Waals surface area contributed by atoms with Crippen molar-refractivity contribution < 1.29 is 23.8 Å². The van der Waals surface area contributed by atoms with Crippen LogP contribution in [0.3, 0.4) is 0 Å². The third-order valence-electron chi connectivity index (χ3n) is 3.52. The number of anilines is 1. The number of hydrogen-bond acceptors (Lipinski definition) is 5.